The average Bonchev–Trinajstić information content (AvgIpc) is 2.70. The van der Waals surface area contributed by atoms with Crippen molar-refractivity contribution < 1.29 is 70.6 Å². The molecule has 0 saturated carbocycles. The highest BCUT2D eigenvalue weighted by atomic mass is 19.4. The molecule has 35 heavy (non-hydrogen) atoms. The average molecular weight is 547 g/mol. The Morgan fingerprint density at radius 2 is 1.00 bits per heavy atom. The minimum Gasteiger partial charge on any atom is -0.378 e. The Morgan fingerprint density at radius 1 is 0.629 bits per heavy atom. The number of methoxy groups -OCH3 is 1. The first-order chi connectivity index (χ1) is 15.3. The highest BCUT2D eigenvalue weighted by Gasteiger charge is 2.93. The molecule has 1 aromatic rings. The van der Waals surface area contributed by atoms with E-state index in [1.54, 1.807) is 0 Å². The summed E-state index contributed by atoms with van der Waals surface area (Å²) in [6, 6.07) is 4.37. The van der Waals surface area contributed by atoms with Crippen LogP contribution in [0.5, 0.6) is 0 Å². The summed E-state index contributed by atoms with van der Waals surface area (Å²) in [6.07, 6.45) is -12.5. The highest BCUT2D eigenvalue weighted by molar-refractivity contribution is 5.46. The molecule has 0 aliphatic rings. The maximum absolute atomic E-state index is 14.2. The van der Waals surface area contributed by atoms with Crippen LogP contribution in [0, 0.1) is 0 Å². The van der Waals surface area contributed by atoms with Crippen LogP contribution in [0.1, 0.15) is 18.1 Å². The first kappa shape index (κ1) is 31.0. The van der Waals surface area contributed by atoms with Crippen molar-refractivity contribution in [1.82, 2.24) is 0 Å². The van der Waals surface area contributed by atoms with Crippen LogP contribution in [0.3, 0.4) is 0 Å². The zero-order valence-electron chi connectivity index (χ0n) is 17.6. The summed E-state index contributed by atoms with van der Waals surface area (Å²) in [7, 11) is 3.65. The predicted octanol–water partition coefficient (Wildman–Crippen LogP) is 7.20. The van der Waals surface area contributed by atoms with Crippen LogP contribution in [0.2, 0.25) is 0 Å². The fourth-order valence-electron chi connectivity index (χ4n) is 2.68. The number of anilines is 1. The van der Waals surface area contributed by atoms with E-state index in [0.29, 0.717) is 12.8 Å². The fraction of sp³-hybridized carbons (Fsp3) is 0.667. The Morgan fingerprint density at radius 3 is 1.34 bits per heavy atom. The van der Waals surface area contributed by atoms with Gasteiger partial charge < -0.3 is 9.64 Å². The van der Waals surface area contributed by atoms with Crippen LogP contribution >= 0.6 is 0 Å². The molecule has 0 saturated heterocycles. The van der Waals surface area contributed by atoms with Crippen molar-refractivity contribution in [2.24, 2.45) is 0 Å². The minimum atomic E-state index is -8.30. The van der Waals surface area contributed by atoms with Gasteiger partial charge in [0.25, 0.3) is 0 Å². The molecule has 1 aromatic carbocycles. The number of nitrogens with zero attached hydrogens (tertiary/aromatic N) is 1. The predicted molar refractivity (Wildman–Crippen MR) is 90.9 cm³/mol. The monoisotopic (exact) mass is 547 g/mol. The number of ether oxygens (including phenoxy) is 1. The van der Waals surface area contributed by atoms with Crippen molar-refractivity contribution >= 4 is 5.69 Å². The van der Waals surface area contributed by atoms with E-state index in [9.17, 15) is 65.9 Å². The van der Waals surface area contributed by atoms with Crippen molar-refractivity contribution in [3.05, 3.63) is 29.8 Å². The van der Waals surface area contributed by atoms with E-state index < -0.39 is 59.8 Å². The Kier molecular flexibility index (Phi) is 8.05. The Labute approximate surface area is 187 Å². The summed E-state index contributed by atoms with van der Waals surface area (Å²) in [5.41, 5.74) is 0.0114. The molecule has 0 N–H and O–H groups in total. The standard InChI is InChI=1S/C18H16F15NO/c1-34(2)10-6-4-9(5-7-10)11(35-3)8-12(19,20)13(21,22)14(23,24)15(25,26)16(27,28)17(29,30)18(31,32)33/h4-7,11H,8H2,1-3H3. The van der Waals surface area contributed by atoms with Gasteiger partial charge >= 0.3 is 41.7 Å². The SMILES string of the molecule is COC(CC(F)(F)C(F)(F)C(F)(F)C(F)(F)C(F)(F)C(F)(F)C(F)(F)F)c1ccc(N(C)C)cc1. The van der Waals surface area contributed by atoms with Crippen LogP contribution in [0.25, 0.3) is 0 Å². The van der Waals surface area contributed by atoms with E-state index >= 15 is 0 Å². The summed E-state index contributed by atoms with van der Waals surface area (Å²) in [5.74, 6) is -46.6. The van der Waals surface area contributed by atoms with E-state index in [0.717, 1.165) is 12.1 Å². The van der Waals surface area contributed by atoms with Crippen LogP contribution in [-0.4, -0.2) is 62.9 Å². The summed E-state index contributed by atoms with van der Waals surface area (Å²) in [4.78, 5) is 1.48. The van der Waals surface area contributed by atoms with Gasteiger partial charge in [0, 0.05) is 33.3 Å². The first-order valence-electron chi connectivity index (χ1n) is 8.97. The van der Waals surface area contributed by atoms with E-state index in [2.05, 4.69) is 4.74 Å². The number of benzene rings is 1. The van der Waals surface area contributed by atoms with Crippen LogP contribution < -0.4 is 4.90 Å². The highest BCUT2D eigenvalue weighted by Crippen LogP contribution is 2.63. The van der Waals surface area contributed by atoms with Gasteiger partial charge in [-0.05, 0) is 17.7 Å². The molecule has 0 fully saturated rings. The number of hydrogen-bond donors (Lipinski definition) is 0. The molecule has 0 heterocycles. The summed E-state index contributed by atoms with van der Waals surface area (Å²) in [6.45, 7) is 0. The topological polar surface area (TPSA) is 12.5 Å². The van der Waals surface area contributed by atoms with E-state index in [1.807, 2.05) is 0 Å². The first-order valence-corrected chi connectivity index (χ1v) is 8.97. The van der Waals surface area contributed by atoms with Crippen LogP contribution in [-0.2, 0) is 4.74 Å². The second kappa shape index (κ2) is 9.10. The van der Waals surface area contributed by atoms with E-state index in [1.165, 1.54) is 31.1 Å². The normalized spacial score (nSPS) is 15.8. The fourth-order valence-corrected chi connectivity index (χ4v) is 2.68. The molecule has 1 atom stereocenters. The molecule has 0 radical (unpaired) electrons. The molecule has 0 spiro atoms. The molecule has 17 heteroatoms. The number of rotatable bonds is 10. The lowest BCUT2D eigenvalue weighted by molar-refractivity contribution is -0.453. The number of alkyl halides is 15. The molecular weight excluding hydrogens is 531 g/mol. The van der Waals surface area contributed by atoms with Gasteiger partial charge in [-0.15, -0.1) is 0 Å². The van der Waals surface area contributed by atoms with Gasteiger partial charge in [-0.25, -0.2) is 0 Å². The maximum Gasteiger partial charge on any atom is 0.460 e. The third kappa shape index (κ3) is 4.83. The molecule has 204 valence electrons. The lowest BCUT2D eigenvalue weighted by Crippen LogP contribution is -2.72. The zero-order chi connectivity index (χ0) is 28.1. The molecular formula is C18H16F15NO. The Hall–Kier alpha value is -2.07. The quantitative estimate of drug-likeness (QED) is 0.287. The summed E-state index contributed by atoms with van der Waals surface area (Å²) >= 11 is 0. The Balaban J connectivity index is 3.46. The van der Waals surface area contributed by atoms with Crippen molar-refractivity contribution in [3.8, 4) is 0 Å². The smallest absolute Gasteiger partial charge is 0.378 e. The van der Waals surface area contributed by atoms with Crippen molar-refractivity contribution in [3.63, 3.8) is 0 Å². The summed E-state index contributed by atoms with van der Waals surface area (Å²) < 4.78 is 204. The molecule has 0 aromatic heterocycles. The van der Waals surface area contributed by atoms with Gasteiger partial charge in [0.2, 0.25) is 0 Å². The van der Waals surface area contributed by atoms with Gasteiger partial charge in [-0.1, -0.05) is 12.1 Å². The molecule has 0 bridgehead atoms. The van der Waals surface area contributed by atoms with Gasteiger partial charge in [0.05, 0.1) is 6.10 Å². The van der Waals surface area contributed by atoms with Crippen molar-refractivity contribution in [2.45, 2.75) is 54.2 Å². The second-order valence-electron chi connectivity index (χ2n) is 7.49. The van der Waals surface area contributed by atoms with Crippen LogP contribution in [0.15, 0.2) is 24.3 Å². The van der Waals surface area contributed by atoms with Gasteiger partial charge in [0.15, 0.2) is 0 Å². The minimum absolute atomic E-state index is 0.405. The number of halogens is 15. The van der Waals surface area contributed by atoms with Crippen molar-refractivity contribution in [1.29, 1.82) is 0 Å². The molecule has 2 nitrogen and oxygen atoms in total. The lowest BCUT2D eigenvalue weighted by atomic mass is 9.88. The lowest BCUT2D eigenvalue weighted by Gasteiger charge is -2.42. The molecule has 1 rings (SSSR count). The third-order valence-corrected chi connectivity index (χ3v) is 4.90. The maximum atomic E-state index is 14.2. The van der Waals surface area contributed by atoms with Gasteiger partial charge in [-0.3, -0.25) is 0 Å². The molecule has 0 amide bonds. The van der Waals surface area contributed by atoms with Crippen molar-refractivity contribution in [2.75, 3.05) is 26.1 Å². The Bertz CT molecular complexity index is 862. The summed E-state index contributed by atoms with van der Waals surface area (Å²) in [5, 5.41) is 0. The largest absolute Gasteiger partial charge is 0.460 e. The zero-order valence-corrected chi connectivity index (χ0v) is 17.6. The second-order valence-corrected chi connectivity index (χ2v) is 7.49. The van der Waals surface area contributed by atoms with Gasteiger partial charge in [0.1, 0.15) is 0 Å². The van der Waals surface area contributed by atoms with E-state index in [4.69, 9.17) is 0 Å². The number of hydrogen-bond acceptors (Lipinski definition) is 2. The van der Waals surface area contributed by atoms with Crippen LogP contribution in [0.4, 0.5) is 71.5 Å². The molecule has 0 aliphatic heterocycles. The van der Waals surface area contributed by atoms with E-state index in [-0.39, 0.29) is 0 Å². The molecule has 0 aliphatic carbocycles. The third-order valence-electron chi connectivity index (χ3n) is 4.90. The molecule has 1 unspecified atom stereocenters. The van der Waals surface area contributed by atoms with Gasteiger partial charge in [-0.2, -0.15) is 65.9 Å².